The lowest BCUT2D eigenvalue weighted by Gasteiger charge is -2.47. The first kappa shape index (κ1) is 11.1. The lowest BCUT2D eigenvalue weighted by molar-refractivity contribution is 0.00567. The maximum absolute atomic E-state index is 10.8. The van der Waals surface area contributed by atoms with Crippen LogP contribution in [0.3, 0.4) is 0 Å². The highest BCUT2D eigenvalue weighted by molar-refractivity contribution is 5.60. The van der Waals surface area contributed by atoms with Gasteiger partial charge in [-0.15, -0.1) is 0 Å². The third-order valence-electron chi connectivity index (χ3n) is 5.00. The third-order valence-corrected chi connectivity index (χ3v) is 5.00. The van der Waals surface area contributed by atoms with Crippen molar-refractivity contribution in [2.75, 3.05) is 0 Å². The molecular weight excluding hydrogens is 212 g/mol. The molecule has 2 aliphatic carbocycles. The van der Waals surface area contributed by atoms with Crippen molar-refractivity contribution in [2.24, 2.45) is 11.3 Å². The fourth-order valence-corrected chi connectivity index (χ4v) is 3.55. The fourth-order valence-electron chi connectivity index (χ4n) is 3.55. The van der Waals surface area contributed by atoms with E-state index < -0.39 is 6.10 Å². The number of aliphatic hydroxyl groups excluding tert-OH is 1. The Morgan fingerprint density at radius 1 is 1.47 bits per heavy atom. The van der Waals surface area contributed by atoms with Gasteiger partial charge in [-0.3, -0.25) is 0 Å². The van der Waals surface area contributed by atoms with Gasteiger partial charge < -0.3 is 9.52 Å². The van der Waals surface area contributed by atoms with Gasteiger partial charge in [0.2, 0.25) is 0 Å². The average Bonchev–Trinajstić information content (AvgIpc) is 2.65. The topological polar surface area (TPSA) is 33.4 Å². The fraction of sp³-hybridized carbons (Fsp3) is 0.600. The zero-order valence-electron chi connectivity index (χ0n) is 10.8. The van der Waals surface area contributed by atoms with Crippen LogP contribution in [-0.4, -0.2) is 5.11 Å². The van der Waals surface area contributed by atoms with Crippen LogP contribution in [0.4, 0.5) is 0 Å². The predicted octanol–water partition coefficient (Wildman–Crippen LogP) is 3.84. The maximum Gasteiger partial charge on any atom is 0.132 e. The van der Waals surface area contributed by atoms with E-state index >= 15 is 0 Å². The molecular formula is C15H20O2. The first-order valence-electron chi connectivity index (χ1n) is 6.52. The molecule has 3 rings (SSSR count). The highest BCUT2D eigenvalue weighted by atomic mass is 16.3. The Bertz CT molecular complexity index is 483. The summed E-state index contributed by atoms with van der Waals surface area (Å²) >= 11 is 0. The molecule has 0 aromatic carbocycles. The van der Waals surface area contributed by atoms with E-state index in [9.17, 15) is 5.11 Å². The second kappa shape index (κ2) is 3.49. The van der Waals surface area contributed by atoms with Gasteiger partial charge in [-0.05, 0) is 43.7 Å². The molecule has 0 spiro atoms. The van der Waals surface area contributed by atoms with Crippen molar-refractivity contribution >= 4 is 6.08 Å². The number of aliphatic hydroxyl groups is 1. The minimum Gasteiger partial charge on any atom is -0.464 e. The standard InChI is InChI=1S/C15H20O2/c1-9-8-17-12-7-11-6-4-5-10(2)15(11,3)14(16)13(9)12/h7-8,10,14,16H,4-6H2,1-3H3. The second-order valence-corrected chi connectivity index (χ2v) is 5.84. The number of fused-ring (bicyclic) bond motifs is 2. The van der Waals surface area contributed by atoms with Crippen LogP contribution in [0, 0.1) is 18.3 Å². The van der Waals surface area contributed by atoms with Crippen LogP contribution in [0.5, 0.6) is 0 Å². The zero-order valence-corrected chi connectivity index (χ0v) is 10.8. The van der Waals surface area contributed by atoms with Crippen LogP contribution in [0.25, 0.3) is 6.08 Å². The Kier molecular flexibility index (Phi) is 2.27. The summed E-state index contributed by atoms with van der Waals surface area (Å²) in [4.78, 5) is 0. The molecule has 1 aromatic rings. The molecule has 1 heterocycles. The molecule has 92 valence electrons. The van der Waals surface area contributed by atoms with E-state index in [-0.39, 0.29) is 5.41 Å². The van der Waals surface area contributed by atoms with Crippen molar-refractivity contribution in [1.29, 1.82) is 0 Å². The second-order valence-electron chi connectivity index (χ2n) is 5.84. The van der Waals surface area contributed by atoms with Gasteiger partial charge in [-0.25, -0.2) is 0 Å². The number of furan rings is 1. The molecule has 1 saturated carbocycles. The summed E-state index contributed by atoms with van der Waals surface area (Å²) in [7, 11) is 0. The van der Waals surface area contributed by atoms with Gasteiger partial charge in [0.05, 0.1) is 12.4 Å². The molecule has 2 heteroatoms. The van der Waals surface area contributed by atoms with Crippen LogP contribution < -0.4 is 0 Å². The minimum atomic E-state index is -0.411. The van der Waals surface area contributed by atoms with Crippen LogP contribution >= 0.6 is 0 Å². The Balaban J connectivity index is 2.19. The van der Waals surface area contributed by atoms with Crippen molar-refractivity contribution in [3.05, 3.63) is 28.7 Å². The largest absolute Gasteiger partial charge is 0.464 e. The summed E-state index contributed by atoms with van der Waals surface area (Å²) in [6.07, 6.45) is 7.05. The van der Waals surface area contributed by atoms with Gasteiger partial charge in [-0.1, -0.05) is 19.4 Å². The number of rotatable bonds is 0. The monoisotopic (exact) mass is 232 g/mol. The molecule has 2 aliphatic rings. The quantitative estimate of drug-likeness (QED) is 0.737. The summed E-state index contributed by atoms with van der Waals surface area (Å²) in [5.41, 5.74) is 3.34. The normalized spacial score (nSPS) is 36.1. The Hall–Kier alpha value is -1.02. The summed E-state index contributed by atoms with van der Waals surface area (Å²) in [5.74, 6) is 1.40. The van der Waals surface area contributed by atoms with Crippen LogP contribution in [0.2, 0.25) is 0 Å². The Morgan fingerprint density at radius 2 is 2.24 bits per heavy atom. The van der Waals surface area contributed by atoms with Gasteiger partial charge in [0.25, 0.3) is 0 Å². The summed E-state index contributed by atoms with van der Waals surface area (Å²) in [5, 5.41) is 10.8. The van der Waals surface area contributed by atoms with E-state index in [4.69, 9.17) is 4.42 Å². The van der Waals surface area contributed by atoms with Gasteiger partial charge in [-0.2, -0.15) is 0 Å². The molecule has 17 heavy (non-hydrogen) atoms. The van der Waals surface area contributed by atoms with Gasteiger partial charge in [0.15, 0.2) is 0 Å². The third kappa shape index (κ3) is 1.30. The molecule has 0 amide bonds. The molecule has 0 bridgehead atoms. The summed E-state index contributed by atoms with van der Waals surface area (Å²) < 4.78 is 5.55. The lowest BCUT2D eigenvalue weighted by atomic mass is 9.58. The molecule has 1 aromatic heterocycles. The SMILES string of the molecule is Cc1coc2c1C(O)C1(C)C(=C2)CCCC1C. The van der Waals surface area contributed by atoms with E-state index in [0.717, 1.165) is 23.3 Å². The predicted molar refractivity (Wildman–Crippen MR) is 67.5 cm³/mol. The molecule has 0 saturated heterocycles. The van der Waals surface area contributed by atoms with Gasteiger partial charge in [0, 0.05) is 11.0 Å². The molecule has 2 nitrogen and oxygen atoms in total. The molecule has 1 N–H and O–H groups in total. The first-order valence-corrected chi connectivity index (χ1v) is 6.52. The van der Waals surface area contributed by atoms with Crippen LogP contribution in [-0.2, 0) is 0 Å². The van der Waals surface area contributed by atoms with Crippen molar-refractivity contribution in [3.63, 3.8) is 0 Å². The average molecular weight is 232 g/mol. The summed E-state index contributed by atoms with van der Waals surface area (Å²) in [6.45, 7) is 6.49. The van der Waals surface area contributed by atoms with E-state index in [0.29, 0.717) is 5.92 Å². The van der Waals surface area contributed by atoms with Gasteiger partial charge >= 0.3 is 0 Å². The van der Waals surface area contributed by atoms with Crippen molar-refractivity contribution in [2.45, 2.75) is 46.1 Å². The van der Waals surface area contributed by atoms with Crippen molar-refractivity contribution in [3.8, 4) is 0 Å². The molecule has 0 radical (unpaired) electrons. The first-order chi connectivity index (χ1) is 8.05. The Morgan fingerprint density at radius 3 is 3.00 bits per heavy atom. The van der Waals surface area contributed by atoms with Crippen LogP contribution in [0.1, 0.15) is 56.1 Å². The van der Waals surface area contributed by atoms with E-state index in [1.54, 1.807) is 6.26 Å². The Labute approximate surface area is 102 Å². The van der Waals surface area contributed by atoms with Crippen molar-refractivity contribution < 1.29 is 9.52 Å². The highest BCUT2D eigenvalue weighted by Crippen LogP contribution is 2.56. The number of hydrogen-bond acceptors (Lipinski definition) is 2. The van der Waals surface area contributed by atoms with E-state index in [1.807, 2.05) is 6.92 Å². The highest BCUT2D eigenvalue weighted by Gasteiger charge is 2.48. The molecule has 3 atom stereocenters. The molecule has 0 aliphatic heterocycles. The number of hydrogen-bond donors (Lipinski definition) is 1. The van der Waals surface area contributed by atoms with E-state index in [1.165, 1.54) is 18.4 Å². The summed E-state index contributed by atoms with van der Waals surface area (Å²) in [6, 6.07) is 0. The van der Waals surface area contributed by atoms with Crippen molar-refractivity contribution in [1.82, 2.24) is 0 Å². The van der Waals surface area contributed by atoms with Gasteiger partial charge in [0.1, 0.15) is 5.76 Å². The molecule has 1 fully saturated rings. The minimum absolute atomic E-state index is 0.0973. The molecule has 3 unspecified atom stereocenters. The zero-order chi connectivity index (χ0) is 12.2. The van der Waals surface area contributed by atoms with E-state index in [2.05, 4.69) is 19.9 Å². The van der Waals surface area contributed by atoms with Crippen LogP contribution in [0.15, 0.2) is 16.3 Å². The lowest BCUT2D eigenvalue weighted by Crippen LogP contribution is -2.39. The smallest absolute Gasteiger partial charge is 0.132 e. The number of aryl methyl sites for hydroxylation is 1. The maximum atomic E-state index is 10.8.